The van der Waals surface area contributed by atoms with Gasteiger partial charge in [-0.05, 0) is 108 Å². The second kappa shape index (κ2) is 11.5. The molecule has 4 rings (SSSR count). The molecule has 1 amide bonds. The van der Waals surface area contributed by atoms with Gasteiger partial charge in [-0.3, -0.25) is 9.69 Å². The quantitative estimate of drug-likeness (QED) is 0.593. The molecule has 1 aromatic carbocycles. The summed E-state index contributed by atoms with van der Waals surface area (Å²) in [4.78, 5) is 19.8. The smallest absolute Gasteiger partial charge is 0.222 e. The zero-order valence-corrected chi connectivity index (χ0v) is 20.3. The van der Waals surface area contributed by atoms with E-state index < -0.39 is 0 Å². The van der Waals surface area contributed by atoms with Crippen molar-refractivity contribution in [3.8, 4) is 5.75 Å². The molecular weight excluding hydrogens is 398 g/mol. The Kier molecular flexibility index (Phi) is 8.48. The number of carbonyl (C=O) groups is 1. The van der Waals surface area contributed by atoms with Crippen LogP contribution in [-0.2, 0) is 11.3 Å². The monoisotopic (exact) mass is 441 g/mol. The van der Waals surface area contributed by atoms with E-state index in [1.54, 1.807) is 0 Å². The Balaban J connectivity index is 1.21. The molecule has 5 heteroatoms. The normalized spacial score (nSPS) is 24.0. The van der Waals surface area contributed by atoms with Gasteiger partial charge in [-0.1, -0.05) is 12.1 Å². The van der Waals surface area contributed by atoms with Gasteiger partial charge in [0.15, 0.2) is 0 Å². The molecule has 3 fully saturated rings. The summed E-state index contributed by atoms with van der Waals surface area (Å²) in [5.74, 6) is 2.01. The maximum atomic E-state index is 12.8. The van der Waals surface area contributed by atoms with Crippen LogP contribution >= 0.6 is 0 Å². The first-order valence-corrected chi connectivity index (χ1v) is 13.0. The molecule has 1 atom stereocenters. The molecular formula is C27H43N3O2. The topological polar surface area (TPSA) is 36.0 Å². The van der Waals surface area contributed by atoms with Gasteiger partial charge in [-0.2, -0.15) is 0 Å². The average molecular weight is 442 g/mol. The molecule has 0 radical (unpaired) electrons. The summed E-state index contributed by atoms with van der Waals surface area (Å²) in [6.07, 6.45) is 11.9. The third-order valence-electron chi connectivity index (χ3n) is 7.91. The van der Waals surface area contributed by atoms with Crippen LogP contribution < -0.4 is 4.74 Å². The molecule has 32 heavy (non-hydrogen) atoms. The van der Waals surface area contributed by atoms with Crippen LogP contribution in [0, 0.1) is 5.92 Å². The SMILES string of the molecule is CN1CCC(N(C)C(=O)CCC2CCCN(Cc3cccc(OC4CCCC4)c3)C2)CC1. The van der Waals surface area contributed by atoms with Crippen molar-refractivity contribution >= 4 is 5.91 Å². The van der Waals surface area contributed by atoms with Crippen molar-refractivity contribution < 1.29 is 9.53 Å². The summed E-state index contributed by atoms with van der Waals surface area (Å²) < 4.78 is 6.21. The molecule has 1 unspecified atom stereocenters. The van der Waals surface area contributed by atoms with Crippen molar-refractivity contribution in [3.05, 3.63) is 29.8 Å². The Labute approximate surface area is 195 Å². The molecule has 0 spiro atoms. The second-order valence-electron chi connectivity index (χ2n) is 10.5. The van der Waals surface area contributed by atoms with Crippen molar-refractivity contribution in [2.75, 3.05) is 40.3 Å². The van der Waals surface area contributed by atoms with Crippen molar-refractivity contribution in [1.29, 1.82) is 0 Å². The van der Waals surface area contributed by atoms with Crippen LogP contribution in [0.3, 0.4) is 0 Å². The van der Waals surface area contributed by atoms with Gasteiger partial charge in [0.2, 0.25) is 5.91 Å². The van der Waals surface area contributed by atoms with E-state index >= 15 is 0 Å². The van der Waals surface area contributed by atoms with E-state index in [0.29, 0.717) is 30.4 Å². The molecule has 1 aliphatic carbocycles. The first-order chi connectivity index (χ1) is 15.6. The van der Waals surface area contributed by atoms with Gasteiger partial charge in [0.25, 0.3) is 0 Å². The maximum Gasteiger partial charge on any atom is 0.222 e. The number of benzene rings is 1. The minimum absolute atomic E-state index is 0.341. The predicted molar refractivity (Wildman–Crippen MR) is 130 cm³/mol. The Hall–Kier alpha value is -1.59. The highest BCUT2D eigenvalue weighted by molar-refractivity contribution is 5.76. The Morgan fingerprint density at radius 1 is 1.06 bits per heavy atom. The summed E-state index contributed by atoms with van der Waals surface area (Å²) >= 11 is 0. The molecule has 1 saturated carbocycles. The standard InChI is InChI=1S/C27H43N3O2/c1-28-17-14-24(15-18-28)29(2)27(31)13-12-22-8-6-16-30(20-22)21-23-7-5-11-26(19-23)32-25-9-3-4-10-25/h5,7,11,19,22,24-25H,3-4,6,8-10,12-18,20-21H2,1-2H3. The third-order valence-corrected chi connectivity index (χ3v) is 7.91. The van der Waals surface area contributed by atoms with E-state index in [0.717, 1.165) is 57.7 Å². The summed E-state index contributed by atoms with van der Waals surface area (Å²) in [6.45, 7) is 5.47. The van der Waals surface area contributed by atoms with Crippen LogP contribution in [-0.4, -0.2) is 73.0 Å². The maximum absolute atomic E-state index is 12.8. The van der Waals surface area contributed by atoms with Gasteiger partial charge in [0, 0.05) is 32.6 Å². The van der Waals surface area contributed by atoms with Gasteiger partial charge >= 0.3 is 0 Å². The van der Waals surface area contributed by atoms with Crippen LogP contribution in [0.25, 0.3) is 0 Å². The van der Waals surface area contributed by atoms with Crippen molar-refractivity contribution in [1.82, 2.24) is 14.7 Å². The highest BCUT2D eigenvalue weighted by atomic mass is 16.5. The van der Waals surface area contributed by atoms with Gasteiger partial charge < -0.3 is 14.5 Å². The lowest BCUT2D eigenvalue weighted by Crippen LogP contribution is -2.44. The van der Waals surface area contributed by atoms with Crippen LogP contribution in [0.2, 0.25) is 0 Å². The number of likely N-dealkylation sites (tertiary alicyclic amines) is 2. The Bertz CT molecular complexity index is 725. The number of ether oxygens (including phenoxy) is 1. The van der Waals surface area contributed by atoms with E-state index in [1.807, 2.05) is 11.9 Å². The number of nitrogens with zero attached hydrogens (tertiary/aromatic N) is 3. The zero-order chi connectivity index (χ0) is 22.3. The third kappa shape index (κ3) is 6.71. The fourth-order valence-corrected chi connectivity index (χ4v) is 5.79. The average Bonchev–Trinajstić information content (AvgIpc) is 3.31. The molecule has 0 aromatic heterocycles. The van der Waals surface area contributed by atoms with E-state index in [9.17, 15) is 4.79 Å². The van der Waals surface area contributed by atoms with Crippen LogP contribution in [0.15, 0.2) is 24.3 Å². The molecule has 2 aliphatic heterocycles. The van der Waals surface area contributed by atoms with Crippen molar-refractivity contribution in [2.45, 2.75) is 82.9 Å². The van der Waals surface area contributed by atoms with E-state index in [2.05, 4.69) is 41.1 Å². The van der Waals surface area contributed by atoms with Gasteiger partial charge in [0.1, 0.15) is 5.75 Å². The fourth-order valence-electron chi connectivity index (χ4n) is 5.79. The van der Waals surface area contributed by atoms with E-state index in [1.165, 1.54) is 44.1 Å². The minimum atomic E-state index is 0.341. The van der Waals surface area contributed by atoms with Crippen LogP contribution in [0.5, 0.6) is 5.75 Å². The van der Waals surface area contributed by atoms with E-state index in [-0.39, 0.29) is 0 Å². The molecule has 2 heterocycles. The summed E-state index contributed by atoms with van der Waals surface area (Å²) in [6, 6.07) is 9.14. The first-order valence-electron chi connectivity index (χ1n) is 13.0. The molecule has 1 aromatic rings. The number of amides is 1. The van der Waals surface area contributed by atoms with Crippen LogP contribution in [0.1, 0.15) is 69.8 Å². The second-order valence-corrected chi connectivity index (χ2v) is 10.5. The molecule has 5 nitrogen and oxygen atoms in total. The number of rotatable bonds is 8. The Morgan fingerprint density at radius 3 is 2.62 bits per heavy atom. The number of carbonyl (C=O) groups excluding carboxylic acids is 1. The van der Waals surface area contributed by atoms with E-state index in [4.69, 9.17) is 4.74 Å². The number of hydrogen-bond donors (Lipinski definition) is 0. The molecule has 178 valence electrons. The lowest BCUT2D eigenvalue weighted by molar-refractivity contribution is -0.133. The predicted octanol–water partition coefficient (Wildman–Crippen LogP) is 4.55. The summed E-state index contributed by atoms with van der Waals surface area (Å²) in [7, 11) is 4.19. The lowest BCUT2D eigenvalue weighted by Gasteiger charge is -2.36. The largest absolute Gasteiger partial charge is 0.490 e. The summed E-state index contributed by atoms with van der Waals surface area (Å²) in [5.41, 5.74) is 1.35. The number of hydrogen-bond acceptors (Lipinski definition) is 4. The first kappa shape index (κ1) is 23.6. The van der Waals surface area contributed by atoms with Crippen molar-refractivity contribution in [3.63, 3.8) is 0 Å². The van der Waals surface area contributed by atoms with Gasteiger partial charge in [-0.25, -0.2) is 0 Å². The zero-order valence-electron chi connectivity index (χ0n) is 20.3. The van der Waals surface area contributed by atoms with Gasteiger partial charge in [-0.15, -0.1) is 0 Å². The highest BCUT2D eigenvalue weighted by Crippen LogP contribution is 2.27. The molecule has 0 N–H and O–H groups in total. The molecule has 2 saturated heterocycles. The Morgan fingerprint density at radius 2 is 1.84 bits per heavy atom. The summed E-state index contributed by atoms with van der Waals surface area (Å²) in [5, 5.41) is 0. The highest BCUT2D eigenvalue weighted by Gasteiger charge is 2.26. The minimum Gasteiger partial charge on any atom is -0.490 e. The van der Waals surface area contributed by atoms with Crippen LogP contribution in [0.4, 0.5) is 0 Å². The van der Waals surface area contributed by atoms with Crippen molar-refractivity contribution in [2.24, 2.45) is 5.92 Å². The fraction of sp³-hybridized carbons (Fsp3) is 0.741. The molecule has 3 aliphatic rings. The number of piperidine rings is 2. The molecule has 0 bridgehead atoms. The van der Waals surface area contributed by atoms with Gasteiger partial charge in [0.05, 0.1) is 6.10 Å². The lowest BCUT2D eigenvalue weighted by atomic mass is 9.92.